The third kappa shape index (κ3) is 5.22. The zero-order valence-electron chi connectivity index (χ0n) is 17.3. The molecule has 2 aromatic carbocycles. The minimum Gasteiger partial charge on any atom is -0.494 e. The second kappa shape index (κ2) is 9.77. The van der Waals surface area contributed by atoms with E-state index in [-0.39, 0.29) is 30.3 Å². The highest BCUT2D eigenvalue weighted by atomic mass is 79.9. The number of anilines is 2. The molecule has 1 aliphatic rings. The summed E-state index contributed by atoms with van der Waals surface area (Å²) < 4.78 is 11.2. The van der Waals surface area contributed by atoms with E-state index in [1.54, 1.807) is 18.2 Å². The molecule has 0 saturated carbocycles. The van der Waals surface area contributed by atoms with Gasteiger partial charge in [0.1, 0.15) is 5.75 Å². The second-order valence-corrected chi connectivity index (χ2v) is 7.99. The van der Waals surface area contributed by atoms with Gasteiger partial charge in [-0.05, 0) is 36.8 Å². The van der Waals surface area contributed by atoms with Gasteiger partial charge in [0, 0.05) is 29.2 Å². The molecule has 168 valence electrons. The number of nitro groups is 1. The number of ether oxygens (including phenoxy) is 2. The maximum absolute atomic E-state index is 12.5. The van der Waals surface area contributed by atoms with Gasteiger partial charge in [0.25, 0.3) is 11.6 Å². The van der Waals surface area contributed by atoms with E-state index in [0.29, 0.717) is 11.4 Å². The van der Waals surface area contributed by atoms with Crippen LogP contribution in [0.1, 0.15) is 12.0 Å². The predicted octanol–water partition coefficient (Wildman–Crippen LogP) is 3.21. The van der Waals surface area contributed by atoms with E-state index >= 15 is 0 Å². The van der Waals surface area contributed by atoms with E-state index in [9.17, 15) is 24.5 Å². The number of benzene rings is 2. The van der Waals surface area contributed by atoms with Crippen LogP contribution in [0.15, 0.2) is 40.9 Å². The molecule has 0 unspecified atom stereocenters. The topological polar surface area (TPSA) is 128 Å². The third-order valence-electron chi connectivity index (χ3n) is 4.91. The quantitative estimate of drug-likeness (QED) is 0.347. The van der Waals surface area contributed by atoms with Crippen LogP contribution in [0.2, 0.25) is 0 Å². The molecule has 0 radical (unpaired) electrons. The van der Waals surface area contributed by atoms with E-state index in [0.717, 1.165) is 10.0 Å². The first-order valence-corrected chi connectivity index (χ1v) is 10.3. The molecule has 0 bridgehead atoms. The van der Waals surface area contributed by atoms with Crippen molar-refractivity contribution in [3.63, 3.8) is 0 Å². The number of methoxy groups -OCH3 is 1. The largest absolute Gasteiger partial charge is 0.494 e. The molecule has 1 fully saturated rings. The lowest BCUT2D eigenvalue weighted by Crippen LogP contribution is -2.28. The molecule has 0 aromatic heterocycles. The summed E-state index contributed by atoms with van der Waals surface area (Å²) in [6.07, 6.45) is -0.105. The van der Waals surface area contributed by atoms with Crippen LogP contribution < -0.4 is 15.0 Å². The second-order valence-electron chi connectivity index (χ2n) is 7.14. The van der Waals surface area contributed by atoms with Gasteiger partial charge >= 0.3 is 5.97 Å². The molecule has 1 saturated heterocycles. The Balaban J connectivity index is 1.59. The van der Waals surface area contributed by atoms with E-state index in [2.05, 4.69) is 21.2 Å². The van der Waals surface area contributed by atoms with Crippen molar-refractivity contribution in [3.05, 3.63) is 56.5 Å². The number of esters is 1. The Morgan fingerprint density at radius 2 is 2.03 bits per heavy atom. The van der Waals surface area contributed by atoms with E-state index < -0.39 is 29.3 Å². The number of carbonyl (C=O) groups excluding carboxylic acids is 3. The molecule has 1 aliphatic heterocycles. The monoisotopic (exact) mass is 505 g/mol. The highest BCUT2D eigenvalue weighted by molar-refractivity contribution is 9.10. The average molecular weight is 506 g/mol. The predicted molar refractivity (Wildman–Crippen MR) is 119 cm³/mol. The summed E-state index contributed by atoms with van der Waals surface area (Å²) in [6, 6.07) is 9.14. The summed E-state index contributed by atoms with van der Waals surface area (Å²) in [5, 5.41) is 13.6. The molecular formula is C21H20BrN3O7. The van der Waals surface area contributed by atoms with Crippen LogP contribution in [0.3, 0.4) is 0 Å². The van der Waals surface area contributed by atoms with Crippen molar-refractivity contribution in [1.29, 1.82) is 0 Å². The van der Waals surface area contributed by atoms with E-state index in [4.69, 9.17) is 9.47 Å². The van der Waals surface area contributed by atoms with Crippen LogP contribution in [0.5, 0.6) is 5.75 Å². The number of nitrogens with one attached hydrogen (secondary N) is 1. The van der Waals surface area contributed by atoms with Gasteiger partial charge < -0.3 is 19.7 Å². The molecule has 0 aliphatic carbocycles. The molecule has 1 heterocycles. The number of nitro benzene ring substituents is 1. The first-order chi connectivity index (χ1) is 15.2. The lowest BCUT2D eigenvalue weighted by Gasteiger charge is -2.19. The van der Waals surface area contributed by atoms with Gasteiger partial charge in [-0.1, -0.05) is 15.9 Å². The van der Waals surface area contributed by atoms with E-state index in [1.807, 2.05) is 6.92 Å². The summed E-state index contributed by atoms with van der Waals surface area (Å²) >= 11 is 3.38. The minimum atomic E-state index is -0.773. The molecule has 1 atom stereocenters. The van der Waals surface area contributed by atoms with Crippen molar-refractivity contribution in [1.82, 2.24) is 0 Å². The number of nitrogens with zero attached hydrogens (tertiary/aromatic N) is 2. The zero-order chi connectivity index (χ0) is 23.4. The molecular weight excluding hydrogens is 486 g/mol. The Morgan fingerprint density at radius 1 is 1.28 bits per heavy atom. The number of hydrogen-bond acceptors (Lipinski definition) is 7. The first-order valence-electron chi connectivity index (χ1n) is 9.55. The Hall–Kier alpha value is -3.47. The van der Waals surface area contributed by atoms with Crippen molar-refractivity contribution < 1.29 is 28.8 Å². The van der Waals surface area contributed by atoms with Gasteiger partial charge in [-0.2, -0.15) is 0 Å². The van der Waals surface area contributed by atoms with Gasteiger partial charge in [0.05, 0.1) is 29.7 Å². The highest BCUT2D eigenvalue weighted by Gasteiger charge is 2.37. The van der Waals surface area contributed by atoms with Crippen LogP contribution in [-0.2, 0) is 19.1 Å². The Kier molecular flexibility index (Phi) is 7.08. The van der Waals surface area contributed by atoms with Crippen LogP contribution in [0, 0.1) is 23.0 Å². The summed E-state index contributed by atoms with van der Waals surface area (Å²) in [7, 11) is 1.33. The van der Waals surface area contributed by atoms with E-state index in [1.165, 1.54) is 30.2 Å². The number of non-ortho nitro benzene ring substituents is 1. The van der Waals surface area contributed by atoms with Crippen molar-refractivity contribution in [2.75, 3.05) is 30.5 Å². The number of carbonyl (C=O) groups is 3. The molecule has 11 heteroatoms. The number of amides is 2. The molecule has 10 nitrogen and oxygen atoms in total. The van der Waals surface area contributed by atoms with Crippen LogP contribution in [-0.4, -0.2) is 43.0 Å². The van der Waals surface area contributed by atoms with Gasteiger partial charge in [0.15, 0.2) is 6.61 Å². The van der Waals surface area contributed by atoms with Gasteiger partial charge in [-0.15, -0.1) is 0 Å². The number of halogens is 1. The fourth-order valence-electron chi connectivity index (χ4n) is 3.28. The summed E-state index contributed by atoms with van der Waals surface area (Å²) in [5.41, 5.74) is 1.65. The van der Waals surface area contributed by atoms with Crippen molar-refractivity contribution in [3.8, 4) is 5.75 Å². The number of hydrogen-bond donors (Lipinski definition) is 1. The fraction of sp³-hybridized carbons (Fsp3) is 0.286. The Labute approximate surface area is 191 Å². The summed E-state index contributed by atoms with van der Waals surface area (Å²) in [4.78, 5) is 48.7. The molecule has 2 amide bonds. The van der Waals surface area contributed by atoms with Gasteiger partial charge in [-0.3, -0.25) is 24.5 Å². The zero-order valence-corrected chi connectivity index (χ0v) is 18.9. The standard InChI is InChI=1S/C21H20BrN3O7/c1-12-7-14(3-5-16(12)22)23-19(26)11-32-21(28)13-8-20(27)24(10-13)17-6-4-15(25(29)30)9-18(17)31-2/h3-7,9,13H,8,10-11H2,1-2H3,(H,23,26)/t13-/m0/s1. The first kappa shape index (κ1) is 23.2. The number of aryl methyl sites for hydroxylation is 1. The third-order valence-corrected chi connectivity index (χ3v) is 5.80. The summed E-state index contributed by atoms with van der Waals surface area (Å²) in [5.74, 6) is -2.16. The Morgan fingerprint density at radius 3 is 2.69 bits per heavy atom. The van der Waals surface area contributed by atoms with Gasteiger partial charge in [0.2, 0.25) is 5.91 Å². The SMILES string of the molecule is COc1cc([N+](=O)[O-])ccc1N1C[C@@H](C(=O)OCC(=O)Nc2ccc(Br)c(C)c2)CC1=O. The smallest absolute Gasteiger partial charge is 0.311 e. The molecule has 3 rings (SSSR count). The molecule has 2 aromatic rings. The van der Waals surface area contributed by atoms with Crippen molar-refractivity contribution >= 4 is 50.8 Å². The Bertz CT molecular complexity index is 1090. The highest BCUT2D eigenvalue weighted by Crippen LogP contribution is 2.36. The minimum absolute atomic E-state index is 0.0133. The van der Waals surface area contributed by atoms with Crippen LogP contribution >= 0.6 is 15.9 Å². The average Bonchev–Trinajstić information content (AvgIpc) is 3.15. The van der Waals surface area contributed by atoms with Crippen LogP contribution in [0.25, 0.3) is 0 Å². The normalized spacial score (nSPS) is 15.4. The lowest BCUT2D eigenvalue weighted by molar-refractivity contribution is -0.384. The van der Waals surface area contributed by atoms with Crippen LogP contribution in [0.4, 0.5) is 17.1 Å². The molecule has 0 spiro atoms. The maximum Gasteiger partial charge on any atom is 0.311 e. The van der Waals surface area contributed by atoms with Crippen molar-refractivity contribution in [2.45, 2.75) is 13.3 Å². The molecule has 1 N–H and O–H groups in total. The lowest BCUT2D eigenvalue weighted by atomic mass is 10.1. The molecule has 32 heavy (non-hydrogen) atoms. The summed E-state index contributed by atoms with van der Waals surface area (Å²) in [6.45, 7) is 1.40. The van der Waals surface area contributed by atoms with Gasteiger partial charge in [-0.25, -0.2) is 0 Å². The fourth-order valence-corrected chi connectivity index (χ4v) is 3.52. The van der Waals surface area contributed by atoms with Crippen molar-refractivity contribution in [2.24, 2.45) is 5.92 Å². The number of rotatable bonds is 7. The maximum atomic E-state index is 12.5.